The Balaban J connectivity index is 2.19. The van der Waals surface area contributed by atoms with Gasteiger partial charge in [0.05, 0.1) is 0 Å². The summed E-state index contributed by atoms with van der Waals surface area (Å²) in [5.41, 5.74) is 4.89. The van der Waals surface area contributed by atoms with Crippen LogP contribution in [0.5, 0.6) is 0 Å². The summed E-state index contributed by atoms with van der Waals surface area (Å²) in [7, 11) is 1.63. The van der Waals surface area contributed by atoms with E-state index in [1.165, 1.54) is 0 Å². The van der Waals surface area contributed by atoms with Crippen molar-refractivity contribution in [3.8, 4) is 0 Å². The average Bonchev–Trinajstić information content (AvgIpc) is 2.65. The third-order valence-corrected chi connectivity index (χ3v) is 2.91. The van der Waals surface area contributed by atoms with Crippen LogP contribution < -0.4 is 5.73 Å². The molecule has 1 aliphatic rings. The van der Waals surface area contributed by atoms with Gasteiger partial charge in [-0.15, -0.1) is 0 Å². The number of aliphatic hydroxyl groups is 1. The van der Waals surface area contributed by atoms with Crippen LogP contribution in [0.2, 0.25) is 0 Å². The molecule has 0 amide bonds. The maximum Gasteiger partial charge on any atom is 0.256 e. The van der Waals surface area contributed by atoms with Gasteiger partial charge in [0.25, 0.3) is 5.89 Å². The van der Waals surface area contributed by atoms with Crippen LogP contribution in [0.1, 0.15) is 37.1 Å². The molecular formula is C9H15N3O3. The van der Waals surface area contributed by atoms with E-state index < -0.39 is 11.7 Å². The van der Waals surface area contributed by atoms with Gasteiger partial charge in [-0.1, -0.05) is 5.16 Å². The van der Waals surface area contributed by atoms with Crippen molar-refractivity contribution in [2.45, 2.75) is 31.0 Å². The highest BCUT2D eigenvalue weighted by atomic mass is 16.5. The van der Waals surface area contributed by atoms with Crippen LogP contribution >= 0.6 is 0 Å². The van der Waals surface area contributed by atoms with E-state index in [2.05, 4.69) is 10.1 Å². The molecule has 0 aliphatic heterocycles. The van der Waals surface area contributed by atoms with Crippen LogP contribution in [0.15, 0.2) is 4.52 Å². The van der Waals surface area contributed by atoms with Crippen molar-refractivity contribution in [2.24, 2.45) is 5.73 Å². The lowest BCUT2D eigenvalue weighted by Crippen LogP contribution is -2.37. The maximum absolute atomic E-state index is 9.41. The summed E-state index contributed by atoms with van der Waals surface area (Å²) in [6.45, 7) is 0.0710. The van der Waals surface area contributed by atoms with Crippen molar-refractivity contribution < 1.29 is 14.4 Å². The number of aromatic nitrogens is 2. The standard InChI is InChI=1S/C9H15N3O3/c1-14-9(3-2-4-9)8-11-7(15-12-8)6(13)5-10/h6,13H,2-5,10H2,1H3. The molecular weight excluding hydrogens is 198 g/mol. The highest BCUT2D eigenvalue weighted by molar-refractivity contribution is 5.07. The number of nitrogens with two attached hydrogens (primary N) is 1. The molecule has 0 spiro atoms. The lowest BCUT2D eigenvalue weighted by atomic mass is 9.79. The Morgan fingerprint density at radius 1 is 1.67 bits per heavy atom. The van der Waals surface area contributed by atoms with Crippen LogP contribution in [-0.4, -0.2) is 28.9 Å². The summed E-state index contributed by atoms with van der Waals surface area (Å²) < 4.78 is 10.3. The molecule has 3 N–H and O–H groups in total. The van der Waals surface area contributed by atoms with Crippen LogP contribution in [0.3, 0.4) is 0 Å². The Labute approximate surface area is 87.4 Å². The summed E-state index contributed by atoms with van der Waals surface area (Å²) >= 11 is 0. The van der Waals surface area contributed by atoms with Gasteiger partial charge in [-0.3, -0.25) is 0 Å². The zero-order valence-corrected chi connectivity index (χ0v) is 8.64. The smallest absolute Gasteiger partial charge is 0.256 e. The molecule has 84 valence electrons. The van der Waals surface area contributed by atoms with E-state index in [1.54, 1.807) is 7.11 Å². The lowest BCUT2D eigenvalue weighted by molar-refractivity contribution is -0.0858. The van der Waals surface area contributed by atoms with E-state index in [1.807, 2.05) is 0 Å². The number of hydrogen-bond donors (Lipinski definition) is 2. The molecule has 1 saturated carbocycles. The van der Waals surface area contributed by atoms with E-state index in [9.17, 15) is 5.11 Å². The fourth-order valence-corrected chi connectivity index (χ4v) is 1.67. The molecule has 1 aromatic heterocycles. The predicted octanol–water partition coefficient (Wildman–Crippen LogP) is 0.0873. The number of hydrogen-bond acceptors (Lipinski definition) is 6. The van der Waals surface area contributed by atoms with Gasteiger partial charge < -0.3 is 20.1 Å². The Kier molecular flexibility index (Phi) is 2.72. The van der Waals surface area contributed by atoms with Crippen molar-refractivity contribution in [3.63, 3.8) is 0 Å². The molecule has 1 fully saturated rings. The summed E-state index contributed by atoms with van der Waals surface area (Å²) in [5.74, 6) is 0.676. The van der Waals surface area contributed by atoms with Gasteiger partial charge in [0.2, 0.25) is 5.82 Å². The minimum Gasteiger partial charge on any atom is -0.382 e. The first-order valence-corrected chi connectivity index (χ1v) is 4.99. The zero-order chi connectivity index (χ0) is 10.9. The van der Waals surface area contributed by atoms with E-state index >= 15 is 0 Å². The van der Waals surface area contributed by atoms with Crippen molar-refractivity contribution in [3.05, 3.63) is 11.7 Å². The Hall–Kier alpha value is -0.980. The molecule has 1 aromatic rings. The van der Waals surface area contributed by atoms with E-state index in [4.69, 9.17) is 15.0 Å². The quantitative estimate of drug-likeness (QED) is 0.736. The fraction of sp³-hybridized carbons (Fsp3) is 0.778. The summed E-state index contributed by atoms with van der Waals surface area (Å²) in [4.78, 5) is 4.11. The lowest BCUT2D eigenvalue weighted by Gasteiger charge is -2.37. The number of nitrogens with zero attached hydrogens (tertiary/aromatic N) is 2. The van der Waals surface area contributed by atoms with Crippen molar-refractivity contribution in [2.75, 3.05) is 13.7 Å². The molecule has 1 unspecified atom stereocenters. The number of methoxy groups -OCH3 is 1. The van der Waals surface area contributed by atoms with Crippen LogP contribution in [0.4, 0.5) is 0 Å². The monoisotopic (exact) mass is 213 g/mol. The van der Waals surface area contributed by atoms with Gasteiger partial charge in [-0.25, -0.2) is 0 Å². The van der Waals surface area contributed by atoms with Gasteiger partial charge in [0, 0.05) is 13.7 Å². The SMILES string of the molecule is COC1(c2noc(C(O)CN)n2)CCC1. The molecule has 15 heavy (non-hydrogen) atoms. The number of ether oxygens (including phenoxy) is 1. The molecule has 1 aliphatic carbocycles. The van der Waals surface area contributed by atoms with Gasteiger partial charge in [0.15, 0.2) is 0 Å². The van der Waals surface area contributed by atoms with Crippen LogP contribution in [-0.2, 0) is 10.3 Å². The second-order valence-corrected chi connectivity index (χ2v) is 3.76. The highest BCUT2D eigenvalue weighted by Gasteiger charge is 2.43. The Morgan fingerprint density at radius 2 is 2.40 bits per heavy atom. The first-order chi connectivity index (χ1) is 7.22. The number of aliphatic hydroxyl groups excluding tert-OH is 1. The molecule has 6 heteroatoms. The van der Waals surface area contributed by atoms with Gasteiger partial charge >= 0.3 is 0 Å². The Bertz CT molecular complexity index is 330. The summed E-state index contributed by atoms with van der Waals surface area (Å²) in [6.07, 6.45) is 1.99. The molecule has 2 rings (SSSR count). The second kappa shape index (κ2) is 3.88. The summed E-state index contributed by atoms with van der Waals surface area (Å²) in [6, 6.07) is 0. The molecule has 0 aromatic carbocycles. The molecule has 1 atom stereocenters. The van der Waals surface area contributed by atoms with Crippen molar-refractivity contribution in [1.29, 1.82) is 0 Å². The van der Waals surface area contributed by atoms with E-state index in [0.717, 1.165) is 19.3 Å². The largest absolute Gasteiger partial charge is 0.382 e. The molecule has 0 saturated heterocycles. The minimum absolute atomic E-state index is 0.0710. The van der Waals surface area contributed by atoms with Gasteiger partial charge in [-0.2, -0.15) is 4.98 Å². The van der Waals surface area contributed by atoms with Gasteiger partial charge in [-0.05, 0) is 19.3 Å². The third-order valence-electron chi connectivity index (χ3n) is 2.91. The summed E-state index contributed by atoms with van der Waals surface area (Å²) in [5, 5.41) is 13.2. The first kappa shape index (κ1) is 10.5. The Morgan fingerprint density at radius 3 is 2.87 bits per heavy atom. The van der Waals surface area contributed by atoms with E-state index in [-0.39, 0.29) is 12.4 Å². The zero-order valence-electron chi connectivity index (χ0n) is 8.64. The fourth-order valence-electron chi connectivity index (χ4n) is 1.67. The van der Waals surface area contributed by atoms with E-state index in [0.29, 0.717) is 5.82 Å². The molecule has 0 radical (unpaired) electrons. The average molecular weight is 213 g/mol. The number of rotatable bonds is 4. The molecule has 6 nitrogen and oxygen atoms in total. The second-order valence-electron chi connectivity index (χ2n) is 3.76. The van der Waals surface area contributed by atoms with Gasteiger partial charge in [0.1, 0.15) is 11.7 Å². The normalized spacial score (nSPS) is 21.0. The van der Waals surface area contributed by atoms with Crippen molar-refractivity contribution in [1.82, 2.24) is 10.1 Å². The molecule has 1 heterocycles. The van der Waals surface area contributed by atoms with Crippen molar-refractivity contribution >= 4 is 0 Å². The molecule has 0 bridgehead atoms. The highest BCUT2D eigenvalue weighted by Crippen LogP contribution is 2.42. The first-order valence-electron chi connectivity index (χ1n) is 4.99. The van der Waals surface area contributed by atoms with Crippen LogP contribution in [0, 0.1) is 0 Å². The van der Waals surface area contributed by atoms with Crippen LogP contribution in [0.25, 0.3) is 0 Å². The predicted molar refractivity (Wildman–Crippen MR) is 50.9 cm³/mol. The maximum atomic E-state index is 9.41. The topological polar surface area (TPSA) is 94.4 Å². The minimum atomic E-state index is -0.889. The third kappa shape index (κ3) is 1.64.